The average Bonchev–Trinajstić information content (AvgIpc) is 3.51. The Labute approximate surface area is 205 Å². The van der Waals surface area contributed by atoms with Gasteiger partial charge in [-0.2, -0.15) is 36.4 Å². The molecule has 1 aliphatic heterocycles. The van der Waals surface area contributed by atoms with Crippen molar-refractivity contribution in [2.75, 3.05) is 13.1 Å². The number of nitrogens with zero attached hydrogens (tertiary/aromatic N) is 4. The number of aromatic nitrogens is 5. The molecule has 4 aromatic rings. The lowest BCUT2D eigenvalue weighted by atomic mass is 9.94. The fourth-order valence-corrected chi connectivity index (χ4v) is 4.17. The second-order valence-electron chi connectivity index (χ2n) is 8.08. The van der Waals surface area contributed by atoms with Crippen LogP contribution >= 0.6 is 0 Å². The van der Waals surface area contributed by atoms with E-state index in [1.54, 1.807) is 0 Å². The Morgan fingerprint density at radius 1 is 1.00 bits per heavy atom. The largest absolute Gasteiger partial charge is 0.417 e. The number of nitrogens with one attached hydrogen (secondary N) is 2. The highest BCUT2D eigenvalue weighted by molar-refractivity contribution is 5.73. The van der Waals surface area contributed by atoms with Crippen LogP contribution in [0.5, 0.6) is 0 Å². The van der Waals surface area contributed by atoms with Crippen molar-refractivity contribution in [2.24, 2.45) is 0 Å². The molecule has 0 unspecified atom stereocenters. The van der Waals surface area contributed by atoms with Gasteiger partial charge in [-0.05, 0) is 44.1 Å². The Balaban J connectivity index is 0.00000156. The van der Waals surface area contributed by atoms with Gasteiger partial charge in [-0.25, -0.2) is 4.52 Å². The molecule has 3 aromatic heterocycles. The Hall–Kier alpha value is -3.68. The third-order valence-corrected chi connectivity index (χ3v) is 5.84. The summed E-state index contributed by atoms with van der Waals surface area (Å²) in [7, 11) is 0. The summed E-state index contributed by atoms with van der Waals surface area (Å²) >= 11 is 0. The smallest absolute Gasteiger partial charge is 0.333 e. The Bertz CT molecular complexity index is 1450. The minimum absolute atomic E-state index is 0.00345. The molecule has 8 nitrogen and oxygen atoms in total. The molecular weight excluding hydrogens is 506 g/mol. The summed E-state index contributed by atoms with van der Waals surface area (Å²) in [6, 6.07) is 2.60. The van der Waals surface area contributed by atoms with Gasteiger partial charge in [0, 0.05) is 17.5 Å². The maximum Gasteiger partial charge on any atom is 0.417 e. The number of H-pyrrole nitrogens is 1. The van der Waals surface area contributed by atoms with Crippen molar-refractivity contribution in [3.63, 3.8) is 0 Å². The van der Waals surface area contributed by atoms with Crippen LogP contribution in [-0.4, -0.2) is 37.8 Å². The number of hydrogen-bond donors (Lipinski definition) is 2. The van der Waals surface area contributed by atoms with E-state index in [1.165, 1.54) is 16.8 Å². The van der Waals surface area contributed by atoms with Crippen LogP contribution in [0.25, 0.3) is 28.5 Å². The topological polar surface area (TPSA) is 101 Å². The van der Waals surface area contributed by atoms with E-state index in [0.29, 0.717) is 17.8 Å². The third kappa shape index (κ3) is 5.24. The van der Waals surface area contributed by atoms with E-state index in [2.05, 4.69) is 25.5 Å². The Morgan fingerprint density at radius 3 is 2.35 bits per heavy atom. The zero-order valence-electron chi connectivity index (χ0n) is 19.7. The zero-order valence-corrected chi connectivity index (χ0v) is 19.7. The number of hydrogen-bond acceptors (Lipinski definition) is 6. The van der Waals surface area contributed by atoms with E-state index < -0.39 is 40.4 Å². The van der Waals surface area contributed by atoms with E-state index in [4.69, 9.17) is 4.52 Å². The third-order valence-electron chi connectivity index (χ3n) is 5.84. The monoisotopic (exact) mass is 528 g/mol. The minimum Gasteiger partial charge on any atom is -0.333 e. The molecule has 0 spiro atoms. The van der Waals surface area contributed by atoms with Gasteiger partial charge in [-0.1, -0.05) is 19.0 Å². The number of aromatic amines is 1. The van der Waals surface area contributed by atoms with Gasteiger partial charge in [0.15, 0.2) is 0 Å². The van der Waals surface area contributed by atoms with Gasteiger partial charge in [0.2, 0.25) is 5.82 Å². The van der Waals surface area contributed by atoms with Gasteiger partial charge in [0.25, 0.3) is 11.4 Å². The molecule has 0 saturated carbocycles. The summed E-state index contributed by atoms with van der Waals surface area (Å²) < 4.78 is 86.2. The van der Waals surface area contributed by atoms with Gasteiger partial charge in [0.1, 0.15) is 11.2 Å². The number of fused-ring (bicyclic) bond motifs is 1. The standard InChI is InChI=1S/C21H16F6N6O2.C2H6/c22-20(23,24)11-1-2-12(14(7-11)21(25,26)27)17-31-19(35-32-17)13-9-29-33-15(8-16(34)30-18(13)33)10-3-5-28-6-4-10;1-2/h1-2,7-10,28H,3-6H2,(H,30,34);1-2H3. The SMILES string of the molecule is CC.O=c1cc(C2CCNCC2)n2ncc(-c3nc(-c4ccc(C(F)(F)F)cc4C(F)(F)F)no3)c2[nH]1. The summed E-state index contributed by atoms with van der Waals surface area (Å²) in [4.78, 5) is 18.9. The highest BCUT2D eigenvalue weighted by Gasteiger charge is 2.39. The van der Waals surface area contributed by atoms with Crippen LogP contribution in [0.1, 0.15) is 49.4 Å². The van der Waals surface area contributed by atoms with Gasteiger partial charge in [-0.15, -0.1) is 0 Å². The molecule has 1 fully saturated rings. The van der Waals surface area contributed by atoms with E-state index >= 15 is 0 Å². The van der Waals surface area contributed by atoms with E-state index in [-0.39, 0.29) is 29.1 Å². The maximum atomic E-state index is 13.5. The molecule has 14 heteroatoms. The van der Waals surface area contributed by atoms with Crippen molar-refractivity contribution in [3.05, 3.63) is 57.6 Å². The second kappa shape index (κ2) is 10.00. The van der Waals surface area contributed by atoms with Crippen LogP contribution in [0, 0.1) is 0 Å². The molecule has 0 radical (unpaired) electrons. The van der Waals surface area contributed by atoms with E-state index in [9.17, 15) is 31.1 Å². The lowest BCUT2D eigenvalue weighted by molar-refractivity contribution is -0.142. The van der Waals surface area contributed by atoms with Gasteiger partial charge >= 0.3 is 12.4 Å². The molecule has 4 heterocycles. The molecule has 37 heavy (non-hydrogen) atoms. The van der Waals surface area contributed by atoms with Crippen LogP contribution in [0.3, 0.4) is 0 Å². The highest BCUT2D eigenvalue weighted by atomic mass is 19.4. The maximum absolute atomic E-state index is 13.5. The molecule has 1 aromatic carbocycles. The molecule has 1 saturated heterocycles. The van der Waals surface area contributed by atoms with Crippen molar-refractivity contribution >= 4 is 5.65 Å². The van der Waals surface area contributed by atoms with Crippen molar-refractivity contribution in [1.82, 2.24) is 30.1 Å². The van der Waals surface area contributed by atoms with Gasteiger partial charge in [0.05, 0.1) is 23.0 Å². The predicted octanol–water partition coefficient (Wildman–Crippen LogP) is 5.27. The van der Waals surface area contributed by atoms with Gasteiger partial charge in [-0.3, -0.25) is 4.79 Å². The number of halogens is 6. The van der Waals surface area contributed by atoms with Crippen molar-refractivity contribution in [3.8, 4) is 22.8 Å². The molecule has 2 N–H and O–H groups in total. The van der Waals surface area contributed by atoms with Crippen LogP contribution in [0.15, 0.2) is 39.8 Å². The van der Waals surface area contributed by atoms with E-state index in [0.717, 1.165) is 25.9 Å². The molecule has 0 bridgehead atoms. The molecular formula is C23H22F6N6O2. The van der Waals surface area contributed by atoms with Crippen LogP contribution in [-0.2, 0) is 12.4 Å². The minimum atomic E-state index is -5.10. The van der Waals surface area contributed by atoms with Crippen LogP contribution < -0.4 is 10.9 Å². The summed E-state index contributed by atoms with van der Waals surface area (Å²) in [5, 5.41) is 11.1. The van der Waals surface area contributed by atoms with E-state index in [1.807, 2.05) is 13.8 Å². The lowest BCUT2D eigenvalue weighted by Crippen LogP contribution is -2.28. The first-order valence-corrected chi connectivity index (χ1v) is 11.5. The molecule has 1 aliphatic rings. The van der Waals surface area contributed by atoms with Crippen LogP contribution in [0.4, 0.5) is 26.3 Å². The summed E-state index contributed by atoms with van der Waals surface area (Å²) in [5.41, 5.74) is -3.06. The normalized spacial score (nSPS) is 15.0. The Morgan fingerprint density at radius 2 is 1.70 bits per heavy atom. The lowest BCUT2D eigenvalue weighted by Gasteiger charge is -2.23. The first kappa shape index (κ1) is 26.4. The number of alkyl halides is 6. The fourth-order valence-electron chi connectivity index (χ4n) is 4.17. The summed E-state index contributed by atoms with van der Waals surface area (Å²) in [6.45, 7) is 5.55. The molecule has 0 amide bonds. The summed E-state index contributed by atoms with van der Waals surface area (Å²) in [5.74, 6) is -0.744. The molecule has 0 atom stereocenters. The number of piperidine rings is 1. The number of rotatable bonds is 3. The Kier molecular flexibility index (Phi) is 7.13. The quantitative estimate of drug-likeness (QED) is 0.352. The highest BCUT2D eigenvalue weighted by Crippen LogP contribution is 2.40. The van der Waals surface area contributed by atoms with Crippen molar-refractivity contribution < 1.29 is 30.9 Å². The van der Waals surface area contributed by atoms with Gasteiger partial charge < -0.3 is 14.8 Å². The van der Waals surface area contributed by atoms with Crippen molar-refractivity contribution in [2.45, 2.75) is 45.0 Å². The van der Waals surface area contributed by atoms with Crippen LogP contribution in [0.2, 0.25) is 0 Å². The first-order valence-electron chi connectivity index (χ1n) is 11.5. The average molecular weight is 528 g/mol. The molecule has 5 rings (SSSR count). The fraction of sp³-hybridized carbons (Fsp3) is 0.391. The second-order valence-corrected chi connectivity index (χ2v) is 8.08. The zero-order chi connectivity index (χ0) is 27.0. The molecule has 0 aliphatic carbocycles. The first-order chi connectivity index (χ1) is 17.5. The molecule has 198 valence electrons. The predicted molar refractivity (Wildman–Crippen MR) is 121 cm³/mol. The summed E-state index contributed by atoms with van der Waals surface area (Å²) in [6.07, 6.45) is -7.17. The van der Waals surface area contributed by atoms with Crippen molar-refractivity contribution in [1.29, 1.82) is 0 Å². The number of benzene rings is 1.